The first-order valence-corrected chi connectivity index (χ1v) is 9.05. The van der Waals surface area contributed by atoms with Crippen molar-refractivity contribution in [2.75, 3.05) is 17.4 Å². The number of amides is 1. The molecule has 142 valence electrons. The van der Waals surface area contributed by atoms with E-state index in [1.54, 1.807) is 18.5 Å². The summed E-state index contributed by atoms with van der Waals surface area (Å²) >= 11 is 0. The molecule has 0 aliphatic carbocycles. The second-order valence-corrected chi connectivity index (χ2v) is 6.72. The van der Waals surface area contributed by atoms with Crippen LogP contribution in [0.5, 0.6) is 11.5 Å². The highest BCUT2D eigenvalue weighted by molar-refractivity contribution is 6.05. The number of anilines is 2. The molecule has 2 aromatic carbocycles. The molecule has 0 fully saturated rings. The quantitative estimate of drug-likeness (QED) is 0.696. The van der Waals surface area contributed by atoms with Crippen LogP contribution in [0.3, 0.4) is 0 Å². The molecule has 1 aliphatic rings. The van der Waals surface area contributed by atoms with Crippen LogP contribution in [0, 0.1) is 13.8 Å². The maximum absolute atomic E-state index is 12.7. The molecule has 1 amide bonds. The lowest BCUT2D eigenvalue weighted by Gasteiger charge is -2.12. The molecule has 6 nitrogen and oxygen atoms in total. The Morgan fingerprint density at radius 1 is 1.04 bits per heavy atom. The minimum absolute atomic E-state index is 0.184. The largest absolute Gasteiger partial charge is 0.454 e. The third-order valence-electron chi connectivity index (χ3n) is 4.65. The number of rotatable bonds is 5. The van der Waals surface area contributed by atoms with E-state index in [0.29, 0.717) is 12.1 Å². The zero-order valence-corrected chi connectivity index (χ0v) is 15.8. The van der Waals surface area contributed by atoms with Crippen LogP contribution in [0.1, 0.15) is 27.0 Å². The number of para-hydroxylation sites is 1. The molecule has 2 N–H and O–H groups in total. The highest BCUT2D eigenvalue weighted by Gasteiger charge is 2.14. The van der Waals surface area contributed by atoms with Crippen molar-refractivity contribution < 1.29 is 14.3 Å². The Morgan fingerprint density at radius 3 is 2.64 bits per heavy atom. The van der Waals surface area contributed by atoms with Crippen molar-refractivity contribution in [3.05, 3.63) is 77.1 Å². The van der Waals surface area contributed by atoms with Crippen molar-refractivity contribution in [3.63, 3.8) is 0 Å². The summed E-state index contributed by atoms with van der Waals surface area (Å²) < 4.78 is 10.7. The molecule has 1 aliphatic heterocycles. The molecule has 6 heteroatoms. The van der Waals surface area contributed by atoms with Crippen molar-refractivity contribution in [2.45, 2.75) is 20.4 Å². The summed E-state index contributed by atoms with van der Waals surface area (Å²) in [5.74, 6) is 1.33. The predicted octanol–water partition coefficient (Wildman–Crippen LogP) is 4.29. The Labute approximate surface area is 163 Å². The van der Waals surface area contributed by atoms with Crippen molar-refractivity contribution in [1.29, 1.82) is 0 Å². The molecule has 2 heterocycles. The Balaban J connectivity index is 1.44. The number of carbonyl (C=O) groups is 1. The lowest BCUT2D eigenvalue weighted by molar-refractivity contribution is 0.102. The lowest BCUT2D eigenvalue weighted by atomic mass is 10.1. The zero-order chi connectivity index (χ0) is 19.5. The topological polar surface area (TPSA) is 72.5 Å². The fraction of sp³-hybridized carbons (Fsp3) is 0.182. The van der Waals surface area contributed by atoms with E-state index < -0.39 is 0 Å². The maximum atomic E-state index is 12.7. The smallest absolute Gasteiger partial charge is 0.257 e. The number of ether oxygens (including phenoxy) is 2. The van der Waals surface area contributed by atoms with E-state index >= 15 is 0 Å². The van der Waals surface area contributed by atoms with Crippen LogP contribution in [0.25, 0.3) is 0 Å². The van der Waals surface area contributed by atoms with Crippen LogP contribution >= 0.6 is 0 Å². The SMILES string of the molecule is Cc1cccc(C)c1NC(=O)c1cncc(NCc2ccc3c(c2)OCO3)c1. The zero-order valence-electron chi connectivity index (χ0n) is 15.8. The second-order valence-electron chi connectivity index (χ2n) is 6.72. The first kappa shape index (κ1) is 17.9. The molecule has 0 unspecified atom stereocenters. The van der Waals surface area contributed by atoms with Gasteiger partial charge in [-0.15, -0.1) is 0 Å². The molecule has 28 heavy (non-hydrogen) atoms. The normalized spacial score (nSPS) is 11.9. The standard InChI is InChI=1S/C22H21N3O3/c1-14-4-3-5-15(2)21(14)25-22(26)17-9-18(12-23-11-17)24-10-16-6-7-19-20(8-16)28-13-27-19/h3-9,11-12,24H,10,13H2,1-2H3,(H,25,26). The summed E-state index contributed by atoms with van der Waals surface area (Å²) in [5, 5.41) is 6.28. The summed E-state index contributed by atoms with van der Waals surface area (Å²) in [6, 6.07) is 13.5. The highest BCUT2D eigenvalue weighted by Crippen LogP contribution is 2.32. The number of hydrogen-bond donors (Lipinski definition) is 2. The summed E-state index contributed by atoms with van der Waals surface area (Å²) in [7, 11) is 0. The number of nitrogens with one attached hydrogen (secondary N) is 2. The number of benzene rings is 2. The Kier molecular flexibility index (Phi) is 4.85. The summed E-state index contributed by atoms with van der Waals surface area (Å²) in [6.45, 7) is 4.79. The molecule has 0 saturated carbocycles. The Hall–Kier alpha value is -3.54. The lowest BCUT2D eigenvalue weighted by Crippen LogP contribution is -2.14. The van der Waals surface area contributed by atoms with Crippen LogP contribution in [0.15, 0.2) is 54.9 Å². The number of hydrogen-bond acceptors (Lipinski definition) is 5. The van der Waals surface area contributed by atoms with Gasteiger partial charge in [-0.2, -0.15) is 0 Å². The summed E-state index contributed by atoms with van der Waals surface area (Å²) in [6.07, 6.45) is 3.26. The highest BCUT2D eigenvalue weighted by atomic mass is 16.7. The van der Waals surface area contributed by atoms with Gasteiger partial charge in [-0.1, -0.05) is 24.3 Å². The predicted molar refractivity (Wildman–Crippen MR) is 108 cm³/mol. The van der Waals surface area contributed by atoms with E-state index in [-0.39, 0.29) is 12.7 Å². The number of fused-ring (bicyclic) bond motifs is 1. The van der Waals surface area contributed by atoms with Crippen LogP contribution in [0.4, 0.5) is 11.4 Å². The second kappa shape index (κ2) is 7.60. The van der Waals surface area contributed by atoms with Gasteiger partial charge in [0.25, 0.3) is 5.91 Å². The van der Waals surface area contributed by atoms with E-state index in [9.17, 15) is 4.79 Å². The molecule has 0 saturated heterocycles. The van der Waals surface area contributed by atoms with Gasteiger partial charge in [0, 0.05) is 24.6 Å². The first-order valence-electron chi connectivity index (χ1n) is 9.05. The van der Waals surface area contributed by atoms with Crippen molar-refractivity contribution in [3.8, 4) is 11.5 Å². The van der Waals surface area contributed by atoms with E-state index in [4.69, 9.17) is 9.47 Å². The number of pyridine rings is 1. The van der Waals surface area contributed by atoms with Gasteiger partial charge in [0.15, 0.2) is 11.5 Å². The van der Waals surface area contributed by atoms with Gasteiger partial charge in [0.1, 0.15) is 0 Å². The monoisotopic (exact) mass is 375 g/mol. The average molecular weight is 375 g/mol. The number of carbonyl (C=O) groups excluding carboxylic acids is 1. The fourth-order valence-electron chi connectivity index (χ4n) is 3.11. The molecule has 4 rings (SSSR count). The Morgan fingerprint density at radius 2 is 1.82 bits per heavy atom. The van der Waals surface area contributed by atoms with Crippen LogP contribution in [0.2, 0.25) is 0 Å². The molecule has 0 atom stereocenters. The number of aromatic nitrogens is 1. The number of nitrogens with zero attached hydrogens (tertiary/aromatic N) is 1. The molecule has 0 spiro atoms. The van der Waals surface area contributed by atoms with E-state index in [0.717, 1.165) is 39.6 Å². The van der Waals surface area contributed by atoms with Gasteiger partial charge in [-0.3, -0.25) is 9.78 Å². The minimum Gasteiger partial charge on any atom is -0.454 e. The fourth-order valence-corrected chi connectivity index (χ4v) is 3.11. The molecule has 1 aromatic heterocycles. The Bertz CT molecular complexity index is 1010. The van der Waals surface area contributed by atoms with Crippen molar-refractivity contribution in [1.82, 2.24) is 4.98 Å². The van der Waals surface area contributed by atoms with E-state index in [1.165, 1.54) is 0 Å². The maximum Gasteiger partial charge on any atom is 0.257 e. The molecular formula is C22H21N3O3. The van der Waals surface area contributed by atoms with Crippen LogP contribution in [-0.2, 0) is 6.54 Å². The van der Waals surface area contributed by atoms with E-state index in [2.05, 4.69) is 15.6 Å². The summed E-state index contributed by atoms with van der Waals surface area (Å²) in [5.41, 5.74) is 5.21. The van der Waals surface area contributed by atoms with Crippen LogP contribution < -0.4 is 20.1 Å². The van der Waals surface area contributed by atoms with Gasteiger partial charge >= 0.3 is 0 Å². The van der Waals surface area contributed by atoms with Gasteiger partial charge in [0.05, 0.1) is 11.3 Å². The summed E-state index contributed by atoms with van der Waals surface area (Å²) in [4.78, 5) is 16.9. The molecule has 0 radical (unpaired) electrons. The first-order chi connectivity index (χ1) is 13.6. The van der Waals surface area contributed by atoms with Crippen molar-refractivity contribution in [2.24, 2.45) is 0 Å². The van der Waals surface area contributed by atoms with Gasteiger partial charge in [0.2, 0.25) is 6.79 Å². The molecule has 3 aromatic rings. The third kappa shape index (κ3) is 3.76. The number of aryl methyl sites for hydroxylation is 2. The van der Waals surface area contributed by atoms with Gasteiger partial charge in [-0.05, 0) is 48.7 Å². The van der Waals surface area contributed by atoms with E-state index in [1.807, 2.05) is 50.2 Å². The van der Waals surface area contributed by atoms with Crippen molar-refractivity contribution >= 4 is 17.3 Å². The molecular weight excluding hydrogens is 354 g/mol. The third-order valence-corrected chi connectivity index (χ3v) is 4.65. The van der Waals surface area contributed by atoms with Crippen LogP contribution in [-0.4, -0.2) is 17.7 Å². The minimum atomic E-state index is -0.184. The average Bonchev–Trinajstić information content (AvgIpc) is 3.17. The van der Waals surface area contributed by atoms with Gasteiger partial charge in [-0.25, -0.2) is 0 Å². The van der Waals surface area contributed by atoms with Gasteiger partial charge < -0.3 is 20.1 Å². The molecule has 0 bridgehead atoms.